The second-order valence-corrected chi connectivity index (χ2v) is 7.24. The summed E-state index contributed by atoms with van der Waals surface area (Å²) in [5, 5.41) is 0. The molecule has 6 nitrogen and oxygen atoms in total. The Hall–Kier alpha value is -3.00. The third-order valence-electron chi connectivity index (χ3n) is 3.78. The van der Waals surface area contributed by atoms with Gasteiger partial charge in [-0.1, -0.05) is 18.2 Å². The van der Waals surface area contributed by atoms with E-state index in [0.717, 1.165) is 10.4 Å². The van der Waals surface area contributed by atoms with Crippen molar-refractivity contribution in [2.75, 3.05) is 4.31 Å². The van der Waals surface area contributed by atoms with Gasteiger partial charge in [-0.2, -0.15) is 0 Å². The van der Waals surface area contributed by atoms with Crippen molar-refractivity contribution in [1.82, 2.24) is 9.97 Å². The van der Waals surface area contributed by atoms with Crippen molar-refractivity contribution in [3.8, 4) is 11.6 Å². The molecule has 8 heteroatoms. The number of hydrogen-bond acceptors (Lipinski definition) is 5. The van der Waals surface area contributed by atoms with Crippen LogP contribution in [0, 0.1) is 5.82 Å². The van der Waals surface area contributed by atoms with Gasteiger partial charge in [-0.05, 0) is 17.7 Å². The molecule has 2 heterocycles. The monoisotopic (exact) mass is 357 g/mol. The standard InChI is InChI=1S/C17H12FN3O3S/c18-13-7-14(9-15(8-13)24-17-5-6-19-11-20-17)21-10-12-3-1-2-4-16(12)25(21,22)23/h1-9,11H,10H2. The van der Waals surface area contributed by atoms with Crippen molar-refractivity contribution in [2.45, 2.75) is 11.4 Å². The molecule has 0 bridgehead atoms. The SMILES string of the molecule is O=S1(=O)c2ccccc2CN1c1cc(F)cc(Oc2ccncn2)c1. The molecule has 1 aliphatic rings. The Kier molecular flexibility index (Phi) is 3.61. The van der Waals surface area contributed by atoms with Crippen LogP contribution in [-0.2, 0) is 16.6 Å². The third kappa shape index (κ3) is 2.80. The molecule has 0 N–H and O–H groups in total. The van der Waals surface area contributed by atoms with Gasteiger partial charge in [-0.15, -0.1) is 0 Å². The summed E-state index contributed by atoms with van der Waals surface area (Å²) in [6.07, 6.45) is 2.79. The molecular formula is C17H12FN3O3S. The minimum absolute atomic E-state index is 0.148. The molecular weight excluding hydrogens is 345 g/mol. The lowest BCUT2D eigenvalue weighted by molar-refractivity contribution is 0.457. The number of halogens is 1. The first-order chi connectivity index (χ1) is 12.0. The summed E-state index contributed by atoms with van der Waals surface area (Å²) >= 11 is 0. The summed E-state index contributed by atoms with van der Waals surface area (Å²) in [7, 11) is -3.72. The summed E-state index contributed by atoms with van der Waals surface area (Å²) in [4.78, 5) is 7.91. The highest BCUT2D eigenvalue weighted by molar-refractivity contribution is 7.93. The van der Waals surface area contributed by atoms with Crippen molar-refractivity contribution in [1.29, 1.82) is 0 Å². The Labute approximate surface area is 143 Å². The maximum Gasteiger partial charge on any atom is 0.264 e. The average Bonchev–Trinajstić information content (AvgIpc) is 2.87. The van der Waals surface area contributed by atoms with Gasteiger partial charge in [0, 0.05) is 24.4 Å². The number of anilines is 1. The quantitative estimate of drug-likeness (QED) is 0.720. The van der Waals surface area contributed by atoms with Crippen LogP contribution in [0.15, 0.2) is 66.0 Å². The first-order valence-electron chi connectivity index (χ1n) is 7.39. The van der Waals surface area contributed by atoms with Crippen LogP contribution >= 0.6 is 0 Å². The predicted octanol–water partition coefficient (Wildman–Crippen LogP) is 3.12. The summed E-state index contributed by atoms with van der Waals surface area (Å²) in [5.74, 6) is -0.216. The Balaban J connectivity index is 1.72. The van der Waals surface area contributed by atoms with Gasteiger partial charge in [0.2, 0.25) is 5.88 Å². The zero-order valence-electron chi connectivity index (χ0n) is 12.8. The summed E-state index contributed by atoms with van der Waals surface area (Å²) in [5.41, 5.74) is 0.866. The lowest BCUT2D eigenvalue weighted by atomic mass is 10.2. The number of sulfonamides is 1. The van der Waals surface area contributed by atoms with Gasteiger partial charge in [0.15, 0.2) is 0 Å². The van der Waals surface area contributed by atoms with E-state index in [-0.39, 0.29) is 28.8 Å². The minimum atomic E-state index is -3.72. The Morgan fingerprint density at radius 3 is 2.72 bits per heavy atom. The van der Waals surface area contributed by atoms with Crippen LogP contribution in [0.5, 0.6) is 11.6 Å². The molecule has 0 aliphatic carbocycles. The maximum absolute atomic E-state index is 14.0. The van der Waals surface area contributed by atoms with Gasteiger partial charge in [0.05, 0.1) is 17.1 Å². The highest BCUT2D eigenvalue weighted by Crippen LogP contribution is 2.36. The predicted molar refractivity (Wildman–Crippen MR) is 88.3 cm³/mol. The van der Waals surface area contributed by atoms with Gasteiger partial charge in [0.1, 0.15) is 17.9 Å². The Morgan fingerprint density at radius 2 is 1.96 bits per heavy atom. The number of fused-ring (bicyclic) bond motifs is 1. The molecule has 1 aliphatic heterocycles. The second kappa shape index (κ2) is 5.82. The van der Waals surface area contributed by atoms with Crippen molar-refractivity contribution in [3.05, 3.63) is 72.4 Å². The fraction of sp³-hybridized carbons (Fsp3) is 0.0588. The van der Waals surface area contributed by atoms with E-state index < -0.39 is 15.8 Å². The van der Waals surface area contributed by atoms with E-state index in [0.29, 0.717) is 5.56 Å². The molecule has 1 aromatic heterocycles. The fourth-order valence-electron chi connectivity index (χ4n) is 2.69. The molecule has 0 radical (unpaired) electrons. The first-order valence-corrected chi connectivity index (χ1v) is 8.83. The number of aromatic nitrogens is 2. The van der Waals surface area contributed by atoms with Crippen molar-refractivity contribution in [2.24, 2.45) is 0 Å². The van der Waals surface area contributed by atoms with E-state index in [9.17, 15) is 12.8 Å². The lowest BCUT2D eigenvalue weighted by Gasteiger charge is -2.18. The molecule has 2 aromatic carbocycles. The molecule has 0 amide bonds. The van der Waals surface area contributed by atoms with E-state index in [4.69, 9.17) is 4.74 Å². The third-order valence-corrected chi connectivity index (χ3v) is 5.65. The van der Waals surface area contributed by atoms with Crippen LogP contribution < -0.4 is 9.04 Å². The van der Waals surface area contributed by atoms with Gasteiger partial charge in [-0.25, -0.2) is 22.8 Å². The van der Waals surface area contributed by atoms with Gasteiger partial charge in [0.25, 0.3) is 10.0 Å². The van der Waals surface area contributed by atoms with Gasteiger partial charge in [-0.3, -0.25) is 4.31 Å². The van der Waals surface area contributed by atoms with Crippen LogP contribution in [0.25, 0.3) is 0 Å². The van der Waals surface area contributed by atoms with Crippen molar-refractivity contribution in [3.63, 3.8) is 0 Å². The normalized spacial score (nSPS) is 15.0. The highest BCUT2D eigenvalue weighted by atomic mass is 32.2. The summed E-state index contributed by atoms with van der Waals surface area (Å²) in [6, 6.07) is 12.0. The zero-order valence-corrected chi connectivity index (χ0v) is 13.6. The Morgan fingerprint density at radius 1 is 1.12 bits per heavy atom. The van der Waals surface area contributed by atoms with E-state index in [2.05, 4.69) is 9.97 Å². The minimum Gasteiger partial charge on any atom is -0.439 e. The number of nitrogens with zero attached hydrogens (tertiary/aromatic N) is 3. The fourth-order valence-corrected chi connectivity index (χ4v) is 4.33. The first kappa shape index (κ1) is 15.5. The molecule has 126 valence electrons. The second-order valence-electron chi connectivity index (χ2n) is 5.41. The van der Waals surface area contributed by atoms with E-state index >= 15 is 0 Å². The molecule has 0 fully saturated rings. The van der Waals surface area contributed by atoms with Crippen LogP contribution in [0.3, 0.4) is 0 Å². The molecule has 0 atom stereocenters. The summed E-state index contributed by atoms with van der Waals surface area (Å²) < 4.78 is 46.1. The van der Waals surface area contributed by atoms with E-state index in [1.807, 2.05) is 0 Å². The van der Waals surface area contributed by atoms with Crippen LogP contribution in [0.1, 0.15) is 5.56 Å². The molecule has 3 aromatic rings. The van der Waals surface area contributed by atoms with Crippen LogP contribution in [0.2, 0.25) is 0 Å². The number of rotatable bonds is 3. The molecule has 0 saturated heterocycles. The highest BCUT2D eigenvalue weighted by Gasteiger charge is 2.34. The van der Waals surface area contributed by atoms with E-state index in [1.165, 1.54) is 30.7 Å². The zero-order chi connectivity index (χ0) is 17.4. The average molecular weight is 357 g/mol. The van der Waals surface area contributed by atoms with Gasteiger partial charge >= 0.3 is 0 Å². The summed E-state index contributed by atoms with van der Waals surface area (Å²) in [6.45, 7) is 0.148. The smallest absolute Gasteiger partial charge is 0.264 e. The van der Waals surface area contributed by atoms with Gasteiger partial charge < -0.3 is 4.74 Å². The molecule has 4 rings (SSSR count). The van der Waals surface area contributed by atoms with Crippen LogP contribution in [-0.4, -0.2) is 18.4 Å². The topological polar surface area (TPSA) is 72.4 Å². The van der Waals surface area contributed by atoms with E-state index in [1.54, 1.807) is 24.3 Å². The molecule has 25 heavy (non-hydrogen) atoms. The molecule has 0 unspecified atom stereocenters. The number of hydrogen-bond donors (Lipinski definition) is 0. The van der Waals surface area contributed by atoms with Crippen molar-refractivity contribution >= 4 is 15.7 Å². The maximum atomic E-state index is 14.0. The molecule has 0 saturated carbocycles. The Bertz CT molecular complexity index is 1040. The molecule has 0 spiro atoms. The lowest BCUT2D eigenvalue weighted by Crippen LogP contribution is -2.23. The number of ether oxygens (including phenoxy) is 1. The van der Waals surface area contributed by atoms with Crippen LogP contribution in [0.4, 0.5) is 10.1 Å². The van der Waals surface area contributed by atoms with Crippen molar-refractivity contribution < 1.29 is 17.5 Å². The number of benzene rings is 2. The largest absolute Gasteiger partial charge is 0.439 e.